The molecular formula is C18H30N2O. The Bertz CT molecular complexity index is 423. The number of likely N-dealkylation sites (N-methyl/N-ethyl adjacent to an activating group) is 1. The van der Waals surface area contributed by atoms with Gasteiger partial charge in [-0.2, -0.15) is 0 Å². The van der Waals surface area contributed by atoms with E-state index in [2.05, 4.69) is 32.9 Å². The SMILES string of the molecule is CCN(CCc1ccccc1)C(=O)C(CN)CC(C)(C)C. The van der Waals surface area contributed by atoms with Crippen molar-refractivity contribution in [2.75, 3.05) is 19.6 Å². The summed E-state index contributed by atoms with van der Waals surface area (Å²) in [6.45, 7) is 10.4. The molecule has 0 aliphatic carbocycles. The number of carbonyl (C=O) groups excluding carboxylic acids is 1. The molecule has 118 valence electrons. The van der Waals surface area contributed by atoms with Gasteiger partial charge in [-0.15, -0.1) is 0 Å². The molecule has 0 aliphatic heterocycles. The molecule has 1 aromatic carbocycles. The molecule has 0 fully saturated rings. The molecule has 1 rings (SSSR count). The number of hydrogen-bond donors (Lipinski definition) is 1. The van der Waals surface area contributed by atoms with Gasteiger partial charge in [0.2, 0.25) is 5.91 Å². The van der Waals surface area contributed by atoms with Gasteiger partial charge in [0, 0.05) is 19.6 Å². The lowest BCUT2D eigenvalue weighted by molar-refractivity contribution is -0.136. The molecule has 0 aromatic heterocycles. The highest BCUT2D eigenvalue weighted by Crippen LogP contribution is 2.25. The lowest BCUT2D eigenvalue weighted by Gasteiger charge is -2.29. The molecule has 21 heavy (non-hydrogen) atoms. The lowest BCUT2D eigenvalue weighted by atomic mass is 9.84. The fourth-order valence-corrected chi connectivity index (χ4v) is 2.60. The van der Waals surface area contributed by atoms with Crippen LogP contribution in [0.5, 0.6) is 0 Å². The first-order valence-electron chi connectivity index (χ1n) is 7.90. The predicted octanol–water partition coefficient (Wildman–Crippen LogP) is 3.09. The molecule has 1 aromatic rings. The molecule has 1 amide bonds. The standard InChI is InChI=1S/C18H30N2O/c1-5-20(12-11-15-9-7-6-8-10-15)17(21)16(14-19)13-18(2,3)4/h6-10,16H,5,11-14,19H2,1-4H3. The number of amides is 1. The zero-order valence-corrected chi connectivity index (χ0v) is 13.9. The van der Waals surface area contributed by atoms with Crippen molar-refractivity contribution in [3.8, 4) is 0 Å². The summed E-state index contributed by atoms with van der Waals surface area (Å²) in [5.41, 5.74) is 7.22. The van der Waals surface area contributed by atoms with Gasteiger partial charge in [-0.05, 0) is 30.7 Å². The number of carbonyl (C=O) groups is 1. The van der Waals surface area contributed by atoms with Gasteiger partial charge in [0.1, 0.15) is 0 Å². The first-order chi connectivity index (χ1) is 9.87. The van der Waals surface area contributed by atoms with Crippen LogP contribution in [0.1, 0.15) is 39.7 Å². The quantitative estimate of drug-likeness (QED) is 0.839. The number of nitrogens with two attached hydrogens (primary N) is 1. The highest BCUT2D eigenvalue weighted by Gasteiger charge is 2.26. The van der Waals surface area contributed by atoms with E-state index in [1.807, 2.05) is 30.0 Å². The summed E-state index contributed by atoms with van der Waals surface area (Å²) in [5, 5.41) is 0. The average Bonchev–Trinajstić information content (AvgIpc) is 2.45. The van der Waals surface area contributed by atoms with Crippen molar-refractivity contribution in [1.29, 1.82) is 0 Å². The Kier molecular flexibility index (Phi) is 6.90. The van der Waals surface area contributed by atoms with Crippen molar-refractivity contribution >= 4 is 5.91 Å². The Morgan fingerprint density at radius 2 is 1.86 bits per heavy atom. The number of nitrogens with zero attached hydrogens (tertiary/aromatic N) is 1. The van der Waals surface area contributed by atoms with E-state index in [1.165, 1.54) is 5.56 Å². The molecule has 0 spiro atoms. The molecule has 3 nitrogen and oxygen atoms in total. The Labute approximate surface area is 129 Å². The molecule has 0 heterocycles. The van der Waals surface area contributed by atoms with Crippen molar-refractivity contribution < 1.29 is 4.79 Å². The second-order valence-electron chi connectivity index (χ2n) is 6.85. The summed E-state index contributed by atoms with van der Waals surface area (Å²) in [5.74, 6) is 0.131. The topological polar surface area (TPSA) is 46.3 Å². The van der Waals surface area contributed by atoms with Crippen LogP contribution in [0.2, 0.25) is 0 Å². The zero-order valence-electron chi connectivity index (χ0n) is 13.9. The van der Waals surface area contributed by atoms with Gasteiger partial charge in [-0.25, -0.2) is 0 Å². The van der Waals surface area contributed by atoms with Crippen LogP contribution in [0.25, 0.3) is 0 Å². The minimum absolute atomic E-state index is 0.0688. The van der Waals surface area contributed by atoms with Crippen molar-refractivity contribution in [2.24, 2.45) is 17.1 Å². The summed E-state index contributed by atoms with van der Waals surface area (Å²) >= 11 is 0. The smallest absolute Gasteiger partial charge is 0.226 e. The first-order valence-corrected chi connectivity index (χ1v) is 7.90. The fraction of sp³-hybridized carbons (Fsp3) is 0.611. The fourth-order valence-electron chi connectivity index (χ4n) is 2.60. The molecule has 1 unspecified atom stereocenters. The average molecular weight is 290 g/mol. The summed E-state index contributed by atoms with van der Waals surface area (Å²) < 4.78 is 0. The van der Waals surface area contributed by atoms with Gasteiger partial charge in [0.05, 0.1) is 5.92 Å². The molecule has 0 bridgehead atoms. The van der Waals surface area contributed by atoms with Crippen molar-refractivity contribution in [2.45, 2.75) is 40.5 Å². The summed E-state index contributed by atoms with van der Waals surface area (Å²) in [4.78, 5) is 14.6. The normalized spacial score (nSPS) is 13.0. The minimum atomic E-state index is -0.0688. The van der Waals surface area contributed by atoms with E-state index in [9.17, 15) is 4.79 Å². The van der Waals surface area contributed by atoms with E-state index >= 15 is 0 Å². The third-order valence-corrected chi connectivity index (χ3v) is 3.70. The van der Waals surface area contributed by atoms with Crippen LogP contribution in [-0.4, -0.2) is 30.4 Å². The van der Waals surface area contributed by atoms with E-state index in [0.717, 1.165) is 25.9 Å². The van der Waals surface area contributed by atoms with Crippen molar-refractivity contribution in [1.82, 2.24) is 4.90 Å². The molecule has 0 aliphatic rings. The maximum atomic E-state index is 12.7. The van der Waals surface area contributed by atoms with E-state index in [4.69, 9.17) is 5.73 Å². The Balaban J connectivity index is 2.63. The van der Waals surface area contributed by atoms with Gasteiger partial charge in [0.25, 0.3) is 0 Å². The Hall–Kier alpha value is -1.35. The summed E-state index contributed by atoms with van der Waals surface area (Å²) in [6.07, 6.45) is 1.73. The third-order valence-electron chi connectivity index (χ3n) is 3.70. The molecule has 2 N–H and O–H groups in total. The summed E-state index contributed by atoms with van der Waals surface area (Å²) in [6, 6.07) is 10.3. The number of benzene rings is 1. The predicted molar refractivity (Wildman–Crippen MR) is 89.0 cm³/mol. The maximum Gasteiger partial charge on any atom is 0.226 e. The van der Waals surface area contributed by atoms with Crippen LogP contribution < -0.4 is 5.73 Å². The Morgan fingerprint density at radius 3 is 2.33 bits per heavy atom. The van der Waals surface area contributed by atoms with E-state index in [-0.39, 0.29) is 17.2 Å². The lowest BCUT2D eigenvalue weighted by Crippen LogP contribution is -2.41. The van der Waals surface area contributed by atoms with Crippen LogP contribution >= 0.6 is 0 Å². The van der Waals surface area contributed by atoms with Gasteiger partial charge in [-0.1, -0.05) is 51.1 Å². The highest BCUT2D eigenvalue weighted by molar-refractivity contribution is 5.79. The maximum absolute atomic E-state index is 12.7. The van der Waals surface area contributed by atoms with E-state index in [1.54, 1.807) is 0 Å². The molecule has 1 atom stereocenters. The van der Waals surface area contributed by atoms with Gasteiger partial charge in [0.15, 0.2) is 0 Å². The van der Waals surface area contributed by atoms with Crippen LogP contribution in [0, 0.1) is 11.3 Å². The van der Waals surface area contributed by atoms with Crippen molar-refractivity contribution in [3.63, 3.8) is 0 Å². The number of rotatable bonds is 7. The first kappa shape index (κ1) is 17.7. The zero-order chi connectivity index (χ0) is 15.9. The molecule has 3 heteroatoms. The van der Waals surface area contributed by atoms with E-state index < -0.39 is 0 Å². The van der Waals surface area contributed by atoms with Crippen LogP contribution in [0.4, 0.5) is 0 Å². The third kappa shape index (κ3) is 6.30. The highest BCUT2D eigenvalue weighted by atomic mass is 16.2. The number of hydrogen-bond acceptors (Lipinski definition) is 2. The molecular weight excluding hydrogens is 260 g/mol. The Morgan fingerprint density at radius 1 is 1.24 bits per heavy atom. The van der Waals surface area contributed by atoms with Crippen molar-refractivity contribution in [3.05, 3.63) is 35.9 Å². The second kappa shape index (κ2) is 8.18. The monoisotopic (exact) mass is 290 g/mol. The van der Waals surface area contributed by atoms with Gasteiger partial charge in [-0.3, -0.25) is 4.79 Å². The summed E-state index contributed by atoms with van der Waals surface area (Å²) in [7, 11) is 0. The largest absolute Gasteiger partial charge is 0.342 e. The van der Waals surface area contributed by atoms with Crippen LogP contribution in [-0.2, 0) is 11.2 Å². The minimum Gasteiger partial charge on any atom is -0.342 e. The molecule has 0 radical (unpaired) electrons. The molecule has 0 saturated carbocycles. The van der Waals surface area contributed by atoms with Crippen LogP contribution in [0.15, 0.2) is 30.3 Å². The van der Waals surface area contributed by atoms with E-state index in [0.29, 0.717) is 6.54 Å². The van der Waals surface area contributed by atoms with Gasteiger partial charge < -0.3 is 10.6 Å². The van der Waals surface area contributed by atoms with Crippen LogP contribution in [0.3, 0.4) is 0 Å². The second-order valence-corrected chi connectivity index (χ2v) is 6.85. The van der Waals surface area contributed by atoms with Gasteiger partial charge >= 0.3 is 0 Å². The molecule has 0 saturated heterocycles.